The Labute approximate surface area is 170 Å². The molecule has 1 aliphatic carbocycles. The van der Waals surface area contributed by atoms with E-state index in [1.54, 1.807) is 0 Å². The topological polar surface area (TPSA) is 51.0 Å². The molecule has 28 heavy (non-hydrogen) atoms. The molecule has 0 unspecified atom stereocenters. The van der Waals surface area contributed by atoms with Gasteiger partial charge in [-0.2, -0.15) is 0 Å². The first-order chi connectivity index (χ1) is 13.6. The Morgan fingerprint density at radius 2 is 1.93 bits per heavy atom. The highest BCUT2D eigenvalue weighted by molar-refractivity contribution is 7.99. The minimum atomic E-state index is 0.0975. The molecule has 0 spiro atoms. The first-order valence-electron chi connectivity index (χ1n) is 9.95. The van der Waals surface area contributed by atoms with Gasteiger partial charge in [0.25, 0.3) is 0 Å². The molecular weight excluding hydrogens is 368 g/mol. The lowest BCUT2D eigenvalue weighted by molar-refractivity contribution is -0.116. The van der Waals surface area contributed by atoms with Crippen LogP contribution in [0.2, 0.25) is 0 Å². The third-order valence-corrected chi connectivity index (χ3v) is 6.05. The zero-order valence-electron chi connectivity index (χ0n) is 16.6. The summed E-state index contributed by atoms with van der Waals surface area (Å²) in [6.07, 6.45) is 2.35. The van der Waals surface area contributed by atoms with Gasteiger partial charge in [-0.1, -0.05) is 62.0 Å². The Balaban J connectivity index is 1.54. The summed E-state index contributed by atoms with van der Waals surface area (Å²) in [6, 6.07) is 14.8. The van der Waals surface area contributed by atoms with Gasteiger partial charge in [-0.15, -0.1) is 10.2 Å². The second-order valence-electron chi connectivity index (χ2n) is 7.52. The van der Waals surface area contributed by atoms with E-state index in [9.17, 15) is 4.79 Å². The van der Waals surface area contributed by atoms with Gasteiger partial charge < -0.3 is 9.47 Å². The Hall–Kier alpha value is -2.34. The summed E-state index contributed by atoms with van der Waals surface area (Å²) >= 11 is 1.50. The molecule has 0 atom stereocenters. The molecule has 2 aromatic carbocycles. The highest BCUT2D eigenvalue weighted by Crippen LogP contribution is 2.40. The third kappa shape index (κ3) is 3.65. The zero-order valence-corrected chi connectivity index (χ0v) is 17.4. The van der Waals surface area contributed by atoms with Crippen LogP contribution in [0, 0.1) is 0 Å². The highest BCUT2D eigenvalue weighted by atomic mass is 32.2. The standard InChI is InChI=1S/C22H26N4OS/c1-4-25(19-11-7-9-16-8-5-6-10-18(16)19)20(27)14-28-22-24-23-21(15(2)3)26(22)17-12-13-17/h5-11,15,17H,4,12-14H2,1-3H3. The van der Waals surface area contributed by atoms with Gasteiger partial charge in [-0.05, 0) is 31.2 Å². The van der Waals surface area contributed by atoms with Crippen LogP contribution in [0.1, 0.15) is 51.4 Å². The van der Waals surface area contributed by atoms with Crippen LogP contribution in [0.3, 0.4) is 0 Å². The van der Waals surface area contributed by atoms with Crippen molar-refractivity contribution in [3.8, 4) is 0 Å². The molecule has 1 heterocycles. The van der Waals surface area contributed by atoms with Crippen LogP contribution >= 0.6 is 11.8 Å². The number of hydrogen-bond acceptors (Lipinski definition) is 4. The predicted molar refractivity (Wildman–Crippen MR) is 115 cm³/mol. The summed E-state index contributed by atoms with van der Waals surface area (Å²) in [5.74, 6) is 1.82. The number of anilines is 1. The maximum Gasteiger partial charge on any atom is 0.237 e. The van der Waals surface area contributed by atoms with Gasteiger partial charge in [0.05, 0.1) is 11.4 Å². The monoisotopic (exact) mass is 394 g/mol. The van der Waals surface area contributed by atoms with Crippen molar-refractivity contribution in [3.63, 3.8) is 0 Å². The van der Waals surface area contributed by atoms with Crippen molar-refractivity contribution in [2.45, 2.75) is 50.7 Å². The molecule has 1 fully saturated rings. The first-order valence-corrected chi connectivity index (χ1v) is 10.9. The van der Waals surface area contributed by atoms with Crippen LogP contribution in [0.25, 0.3) is 10.8 Å². The van der Waals surface area contributed by atoms with Gasteiger partial charge in [0, 0.05) is 23.9 Å². The van der Waals surface area contributed by atoms with Gasteiger partial charge in [0.1, 0.15) is 5.82 Å². The molecule has 0 radical (unpaired) electrons. The average Bonchev–Trinajstić information content (AvgIpc) is 3.45. The third-order valence-electron chi connectivity index (χ3n) is 5.12. The number of carbonyl (C=O) groups excluding carboxylic acids is 1. The smallest absolute Gasteiger partial charge is 0.237 e. The normalized spacial score (nSPS) is 14.0. The minimum Gasteiger partial charge on any atom is -0.311 e. The lowest BCUT2D eigenvalue weighted by Gasteiger charge is -2.22. The quantitative estimate of drug-likeness (QED) is 0.527. The van der Waals surface area contributed by atoms with E-state index in [4.69, 9.17) is 0 Å². The fourth-order valence-electron chi connectivity index (χ4n) is 3.59. The molecule has 6 heteroatoms. The van der Waals surface area contributed by atoms with E-state index in [0.717, 1.165) is 27.4 Å². The van der Waals surface area contributed by atoms with E-state index in [1.165, 1.54) is 24.6 Å². The zero-order chi connectivity index (χ0) is 19.7. The molecule has 1 aromatic heterocycles. The molecule has 0 N–H and O–H groups in total. The molecule has 0 bridgehead atoms. The number of aromatic nitrogens is 3. The molecule has 0 aliphatic heterocycles. The van der Waals surface area contributed by atoms with E-state index in [-0.39, 0.29) is 5.91 Å². The van der Waals surface area contributed by atoms with Crippen molar-refractivity contribution >= 4 is 34.1 Å². The summed E-state index contributed by atoms with van der Waals surface area (Å²) in [6.45, 7) is 6.94. The van der Waals surface area contributed by atoms with Gasteiger partial charge in [0.15, 0.2) is 5.16 Å². The second-order valence-corrected chi connectivity index (χ2v) is 8.46. The fourth-order valence-corrected chi connectivity index (χ4v) is 4.47. The Morgan fingerprint density at radius 3 is 2.64 bits per heavy atom. The molecule has 1 saturated carbocycles. The van der Waals surface area contributed by atoms with Crippen LogP contribution in [0.15, 0.2) is 47.6 Å². The lowest BCUT2D eigenvalue weighted by atomic mass is 10.1. The van der Waals surface area contributed by atoms with Crippen LogP contribution in [-0.2, 0) is 4.79 Å². The molecule has 1 aliphatic rings. The number of hydrogen-bond donors (Lipinski definition) is 0. The predicted octanol–water partition coefficient (Wildman–Crippen LogP) is 5.03. The Morgan fingerprint density at radius 1 is 1.18 bits per heavy atom. The van der Waals surface area contributed by atoms with Gasteiger partial charge >= 0.3 is 0 Å². The summed E-state index contributed by atoms with van der Waals surface area (Å²) in [5.41, 5.74) is 0.970. The molecule has 5 nitrogen and oxygen atoms in total. The van der Waals surface area contributed by atoms with Crippen LogP contribution in [0.5, 0.6) is 0 Å². The van der Waals surface area contributed by atoms with Crippen molar-refractivity contribution in [2.24, 2.45) is 0 Å². The SMILES string of the molecule is CCN(C(=O)CSc1nnc(C(C)C)n1C1CC1)c1cccc2ccccc12. The molecule has 1 amide bonds. The molecule has 4 rings (SSSR count). The number of fused-ring (bicyclic) bond motifs is 1. The van der Waals surface area contributed by atoms with E-state index >= 15 is 0 Å². The van der Waals surface area contributed by atoms with Crippen molar-refractivity contribution in [3.05, 3.63) is 48.3 Å². The van der Waals surface area contributed by atoms with Gasteiger partial charge in [-0.25, -0.2) is 0 Å². The number of amides is 1. The second kappa shape index (κ2) is 7.95. The van der Waals surface area contributed by atoms with E-state index in [0.29, 0.717) is 24.3 Å². The molecule has 146 valence electrons. The Bertz CT molecular complexity index is 988. The minimum absolute atomic E-state index is 0.0975. The number of benzene rings is 2. The van der Waals surface area contributed by atoms with Crippen molar-refractivity contribution < 1.29 is 4.79 Å². The first kappa shape index (κ1) is 19.0. The Kier molecular flexibility index (Phi) is 5.40. The van der Waals surface area contributed by atoms with Crippen molar-refractivity contribution in [1.29, 1.82) is 0 Å². The average molecular weight is 395 g/mol. The number of thioether (sulfide) groups is 1. The number of rotatable bonds is 7. The summed E-state index contributed by atoms with van der Waals surface area (Å²) in [5, 5.41) is 11.9. The van der Waals surface area contributed by atoms with E-state index in [1.807, 2.05) is 36.1 Å². The van der Waals surface area contributed by atoms with Crippen molar-refractivity contribution in [2.75, 3.05) is 17.2 Å². The lowest BCUT2D eigenvalue weighted by Crippen LogP contribution is -2.32. The summed E-state index contributed by atoms with van der Waals surface area (Å²) in [4.78, 5) is 14.9. The fraction of sp³-hybridized carbons (Fsp3) is 0.409. The van der Waals surface area contributed by atoms with Gasteiger partial charge in [0.2, 0.25) is 5.91 Å². The maximum atomic E-state index is 13.1. The molecule has 3 aromatic rings. The van der Waals surface area contributed by atoms with E-state index in [2.05, 4.69) is 46.8 Å². The van der Waals surface area contributed by atoms with Crippen LogP contribution < -0.4 is 4.90 Å². The largest absolute Gasteiger partial charge is 0.311 e. The van der Waals surface area contributed by atoms with Crippen LogP contribution in [0.4, 0.5) is 5.69 Å². The summed E-state index contributed by atoms with van der Waals surface area (Å²) in [7, 11) is 0. The van der Waals surface area contributed by atoms with Crippen molar-refractivity contribution in [1.82, 2.24) is 14.8 Å². The number of carbonyl (C=O) groups is 1. The molecular formula is C22H26N4OS. The number of nitrogens with zero attached hydrogens (tertiary/aromatic N) is 4. The maximum absolute atomic E-state index is 13.1. The van der Waals surface area contributed by atoms with Crippen LogP contribution in [-0.4, -0.2) is 33.0 Å². The summed E-state index contributed by atoms with van der Waals surface area (Å²) < 4.78 is 2.25. The molecule has 0 saturated heterocycles. The highest BCUT2D eigenvalue weighted by Gasteiger charge is 2.31. The van der Waals surface area contributed by atoms with E-state index < -0.39 is 0 Å². The van der Waals surface area contributed by atoms with Gasteiger partial charge in [-0.3, -0.25) is 4.79 Å².